The second kappa shape index (κ2) is 5.10. The molecule has 1 atom stereocenters. The number of anilines is 1. The van der Waals surface area contributed by atoms with Crippen molar-refractivity contribution in [3.05, 3.63) is 18.2 Å². The van der Waals surface area contributed by atoms with Crippen molar-refractivity contribution in [1.29, 1.82) is 0 Å². The molecule has 1 aromatic rings. The molecular formula is C11H12N2O6S. The Morgan fingerprint density at radius 3 is 2.85 bits per heavy atom. The third-order valence-electron chi connectivity index (χ3n) is 2.60. The highest BCUT2D eigenvalue weighted by atomic mass is 32.2. The summed E-state index contributed by atoms with van der Waals surface area (Å²) >= 11 is 0. The Balaban J connectivity index is 2.31. The van der Waals surface area contributed by atoms with Gasteiger partial charge in [-0.25, -0.2) is 8.42 Å². The molecule has 0 spiro atoms. The zero-order valence-electron chi connectivity index (χ0n) is 10.4. The molecule has 0 bridgehead atoms. The Kier molecular flexibility index (Phi) is 3.64. The summed E-state index contributed by atoms with van der Waals surface area (Å²) in [6, 6.07) is 2.62. The number of carbonyl (C=O) groups excluding carboxylic acids is 1. The number of hydrogen-bond acceptors (Lipinski definition) is 5. The number of carboxylic acid groups (broad SMARTS) is 1. The third kappa shape index (κ3) is 2.89. The van der Waals surface area contributed by atoms with Gasteiger partial charge in [-0.2, -0.15) is 4.72 Å². The maximum atomic E-state index is 12.0. The Morgan fingerprint density at radius 2 is 2.20 bits per heavy atom. The van der Waals surface area contributed by atoms with Crippen LogP contribution in [-0.2, 0) is 19.6 Å². The number of ether oxygens (including phenoxy) is 1. The number of benzene rings is 1. The van der Waals surface area contributed by atoms with Crippen LogP contribution in [0.15, 0.2) is 23.1 Å². The lowest BCUT2D eigenvalue weighted by molar-refractivity contribution is -0.138. The number of hydrogen-bond donors (Lipinski definition) is 3. The summed E-state index contributed by atoms with van der Waals surface area (Å²) in [7, 11) is -3.99. The third-order valence-corrected chi connectivity index (χ3v) is 4.13. The van der Waals surface area contributed by atoms with Gasteiger partial charge in [-0.05, 0) is 25.1 Å². The summed E-state index contributed by atoms with van der Waals surface area (Å²) in [4.78, 5) is 21.7. The van der Waals surface area contributed by atoms with Crippen LogP contribution in [0.25, 0.3) is 0 Å². The molecule has 1 aromatic carbocycles. The van der Waals surface area contributed by atoms with Gasteiger partial charge in [0.25, 0.3) is 5.91 Å². The number of nitrogens with one attached hydrogen (secondary N) is 2. The molecule has 0 radical (unpaired) electrons. The van der Waals surface area contributed by atoms with Crippen LogP contribution in [0.4, 0.5) is 5.69 Å². The summed E-state index contributed by atoms with van der Waals surface area (Å²) in [5, 5.41) is 11.2. The minimum absolute atomic E-state index is 0.132. The second-order valence-corrected chi connectivity index (χ2v) is 5.89. The molecule has 0 saturated heterocycles. The van der Waals surface area contributed by atoms with Crippen LogP contribution in [0, 0.1) is 0 Å². The van der Waals surface area contributed by atoms with E-state index in [2.05, 4.69) is 5.32 Å². The van der Waals surface area contributed by atoms with Crippen LogP contribution in [0.3, 0.4) is 0 Å². The van der Waals surface area contributed by atoms with E-state index in [1.54, 1.807) is 0 Å². The fraction of sp³-hybridized carbons (Fsp3) is 0.273. The average Bonchev–Trinajstić information content (AvgIpc) is 2.37. The highest BCUT2D eigenvalue weighted by Gasteiger charge is 2.24. The van der Waals surface area contributed by atoms with Gasteiger partial charge in [-0.3, -0.25) is 9.59 Å². The van der Waals surface area contributed by atoms with Crippen LogP contribution in [0.2, 0.25) is 0 Å². The molecule has 20 heavy (non-hydrogen) atoms. The molecule has 8 nitrogen and oxygen atoms in total. The Hall–Kier alpha value is -2.13. The molecular weight excluding hydrogens is 288 g/mol. The first-order valence-electron chi connectivity index (χ1n) is 5.61. The Morgan fingerprint density at radius 1 is 1.50 bits per heavy atom. The maximum Gasteiger partial charge on any atom is 0.321 e. The molecule has 0 aliphatic carbocycles. The summed E-state index contributed by atoms with van der Waals surface area (Å²) in [5.74, 6) is -1.32. The second-order valence-electron chi connectivity index (χ2n) is 4.18. The molecule has 1 amide bonds. The lowest BCUT2D eigenvalue weighted by atomic mass is 10.2. The van der Waals surface area contributed by atoms with Gasteiger partial charge in [0.15, 0.2) is 6.61 Å². The van der Waals surface area contributed by atoms with E-state index in [0.29, 0.717) is 5.75 Å². The predicted octanol–water partition coefficient (Wildman–Crippen LogP) is -0.231. The van der Waals surface area contributed by atoms with Gasteiger partial charge >= 0.3 is 5.97 Å². The predicted molar refractivity (Wildman–Crippen MR) is 68.0 cm³/mol. The van der Waals surface area contributed by atoms with E-state index in [4.69, 9.17) is 9.84 Å². The van der Waals surface area contributed by atoms with Crippen molar-refractivity contribution in [2.45, 2.75) is 17.9 Å². The van der Waals surface area contributed by atoms with Gasteiger partial charge in [0.2, 0.25) is 10.0 Å². The average molecular weight is 300 g/mol. The first kappa shape index (κ1) is 14.3. The largest absolute Gasteiger partial charge is 0.482 e. The summed E-state index contributed by atoms with van der Waals surface area (Å²) < 4.78 is 31.1. The molecule has 0 aromatic heterocycles. The molecule has 108 valence electrons. The van der Waals surface area contributed by atoms with E-state index in [1.165, 1.54) is 25.1 Å². The van der Waals surface area contributed by atoms with Crippen molar-refractivity contribution in [2.75, 3.05) is 11.9 Å². The fourth-order valence-corrected chi connectivity index (χ4v) is 2.80. The molecule has 1 aliphatic heterocycles. The van der Waals surface area contributed by atoms with Crippen LogP contribution < -0.4 is 14.8 Å². The molecule has 0 saturated carbocycles. The van der Waals surface area contributed by atoms with Gasteiger partial charge in [0.05, 0.1) is 10.6 Å². The maximum absolute atomic E-state index is 12.0. The van der Waals surface area contributed by atoms with Crippen LogP contribution in [-0.4, -0.2) is 38.0 Å². The van der Waals surface area contributed by atoms with Gasteiger partial charge < -0.3 is 15.2 Å². The van der Waals surface area contributed by atoms with Crippen molar-refractivity contribution in [3.8, 4) is 5.75 Å². The SMILES string of the molecule is CC(NS(=O)(=O)c1ccc2c(c1)NC(=O)CO2)C(=O)O. The monoisotopic (exact) mass is 300 g/mol. The topological polar surface area (TPSA) is 122 Å². The van der Waals surface area contributed by atoms with Crippen molar-refractivity contribution in [3.63, 3.8) is 0 Å². The Labute approximate surface area is 114 Å². The number of carbonyl (C=O) groups is 2. The number of sulfonamides is 1. The molecule has 3 N–H and O–H groups in total. The lowest BCUT2D eigenvalue weighted by Gasteiger charge is -2.19. The molecule has 9 heteroatoms. The smallest absolute Gasteiger partial charge is 0.321 e. The molecule has 1 heterocycles. The summed E-state index contributed by atoms with van der Waals surface area (Å²) in [6.45, 7) is 1.08. The van der Waals surface area contributed by atoms with E-state index < -0.39 is 22.0 Å². The van der Waals surface area contributed by atoms with Crippen molar-refractivity contribution in [2.24, 2.45) is 0 Å². The zero-order chi connectivity index (χ0) is 14.9. The normalized spacial score (nSPS) is 15.8. The van der Waals surface area contributed by atoms with Crippen LogP contribution in [0.5, 0.6) is 5.75 Å². The standard InChI is InChI=1S/C11H12N2O6S/c1-6(11(15)16)13-20(17,18)7-2-3-9-8(4-7)12-10(14)5-19-9/h2-4,6,13H,5H2,1H3,(H,12,14)(H,15,16). The summed E-state index contributed by atoms with van der Waals surface area (Å²) in [6.07, 6.45) is 0. The molecule has 2 rings (SSSR count). The number of aliphatic carboxylic acids is 1. The van der Waals surface area contributed by atoms with E-state index in [0.717, 1.165) is 0 Å². The van der Waals surface area contributed by atoms with Crippen molar-refractivity contribution in [1.82, 2.24) is 4.72 Å². The molecule has 1 aliphatic rings. The van der Waals surface area contributed by atoms with E-state index in [9.17, 15) is 18.0 Å². The first-order chi connectivity index (χ1) is 9.29. The number of carboxylic acids is 1. The van der Waals surface area contributed by atoms with Gasteiger partial charge in [-0.15, -0.1) is 0 Å². The highest BCUT2D eigenvalue weighted by molar-refractivity contribution is 7.89. The Bertz CT molecular complexity index is 669. The zero-order valence-corrected chi connectivity index (χ0v) is 11.2. The highest BCUT2D eigenvalue weighted by Crippen LogP contribution is 2.29. The minimum Gasteiger partial charge on any atom is -0.482 e. The number of rotatable bonds is 4. The number of fused-ring (bicyclic) bond motifs is 1. The van der Waals surface area contributed by atoms with E-state index in [1.807, 2.05) is 4.72 Å². The fourth-order valence-electron chi connectivity index (χ4n) is 1.58. The molecule has 0 fully saturated rings. The van der Waals surface area contributed by atoms with E-state index >= 15 is 0 Å². The molecule has 1 unspecified atom stereocenters. The van der Waals surface area contributed by atoms with Crippen molar-refractivity contribution >= 4 is 27.6 Å². The number of amides is 1. The van der Waals surface area contributed by atoms with Crippen molar-refractivity contribution < 1.29 is 27.9 Å². The van der Waals surface area contributed by atoms with Gasteiger partial charge in [0.1, 0.15) is 11.8 Å². The van der Waals surface area contributed by atoms with Crippen LogP contribution >= 0.6 is 0 Å². The van der Waals surface area contributed by atoms with Gasteiger partial charge in [0, 0.05) is 0 Å². The van der Waals surface area contributed by atoms with Gasteiger partial charge in [-0.1, -0.05) is 0 Å². The van der Waals surface area contributed by atoms with E-state index in [-0.39, 0.29) is 23.1 Å². The van der Waals surface area contributed by atoms with Crippen LogP contribution in [0.1, 0.15) is 6.92 Å². The summed E-state index contributed by atoms with van der Waals surface area (Å²) in [5.41, 5.74) is 0.229. The first-order valence-corrected chi connectivity index (χ1v) is 7.10. The minimum atomic E-state index is -3.99. The quantitative estimate of drug-likeness (QED) is 0.706. The lowest BCUT2D eigenvalue weighted by Crippen LogP contribution is -2.38.